The van der Waals surface area contributed by atoms with Crippen LogP contribution in [0.15, 0.2) is 29.2 Å². The molecule has 6 heteroatoms. The predicted molar refractivity (Wildman–Crippen MR) is 90.3 cm³/mol. The molecule has 0 aliphatic carbocycles. The Labute approximate surface area is 138 Å². The lowest BCUT2D eigenvalue weighted by Crippen LogP contribution is -2.35. The molecule has 0 bridgehead atoms. The van der Waals surface area contributed by atoms with E-state index in [2.05, 4.69) is 0 Å². The second kappa shape index (κ2) is 6.48. The van der Waals surface area contributed by atoms with Crippen LogP contribution in [0, 0.1) is 0 Å². The fraction of sp³-hybridized carbons (Fsp3) is 0.333. The summed E-state index contributed by atoms with van der Waals surface area (Å²) in [7, 11) is 0. The van der Waals surface area contributed by atoms with E-state index in [1.165, 1.54) is 11.8 Å². The minimum Gasteiger partial charge on any atom is -0.376 e. The Bertz CT molecular complexity index is 611. The van der Waals surface area contributed by atoms with Crippen molar-refractivity contribution in [3.8, 4) is 0 Å². The highest BCUT2D eigenvalue weighted by Gasteiger charge is 2.34. The molecule has 0 radical (unpaired) electrons. The zero-order valence-corrected chi connectivity index (χ0v) is 13.6. The van der Waals surface area contributed by atoms with Crippen molar-refractivity contribution < 1.29 is 9.53 Å². The van der Waals surface area contributed by atoms with Crippen LogP contribution in [0.4, 0.5) is 0 Å². The molecule has 2 fully saturated rings. The van der Waals surface area contributed by atoms with Crippen LogP contribution < -0.4 is 0 Å². The molecule has 2 saturated heterocycles. The lowest BCUT2D eigenvalue weighted by molar-refractivity contribution is -0.123. The Morgan fingerprint density at radius 3 is 3.00 bits per heavy atom. The number of hydrogen-bond donors (Lipinski definition) is 0. The van der Waals surface area contributed by atoms with Crippen LogP contribution in [0.2, 0.25) is 5.02 Å². The van der Waals surface area contributed by atoms with Crippen molar-refractivity contribution in [2.45, 2.75) is 18.9 Å². The summed E-state index contributed by atoms with van der Waals surface area (Å²) in [6, 6.07) is 7.45. The summed E-state index contributed by atoms with van der Waals surface area (Å²) in [5, 5.41) is 0.627. The maximum Gasteiger partial charge on any atom is 0.266 e. The van der Waals surface area contributed by atoms with Crippen molar-refractivity contribution in [2.24, 2.45) is 0 Å². The quantitative estimate of drug-likeness (QED) is 0.620. The van der Waals surface area contributed by atoms with E-state index in [9.17, 15) is 4.79 Å². The molecule has 2 heterocycles. The van der Waals surface area contributed by atoms with E-state index in [0.29, 0.717) is 20.8 Å². The number of benzene rings is 1. The number of thioether (sulfide) groups is 1. The minimum atomic E-state index is -0.0552. The molecule has 2 aliphatic rings. The number of nitrogens with zero attached hydrogens (tertiary/aromatic N) is 1. The SMILES string of the molecule is O=C1/C(=C\c2ccccc2Cl)SC(=S)N1C[C@@H]1CCCO1. The van der Waals surface area contributed by atoms with E-state index in [-0.39, 0.29) is 12.0 Å². The van der Waals surface area contributed by atoms with Gasteiger partial charge in [-0.3, -0.25) is 9.69 Å². The van der Waals surface area contributed by atoms with Crippen molar-refractivity contribution >= 4 is 51.9 Å². The molecule has 1 amide bonds. The Hall–Kier alpha value is -0.880. The fourth-order valence-electron chi connectivity index (χ4n) is 2.38. The van der Waals surface area contributed by atoms with Gasteiger partial charge in [-0.1, -0.05) is 53.8 Å². The first kappa shape index (κ1) is 15.0. The zero-order valence-electron chi connectivity index (χ0n) is 11.3. The maximum atomic E-state index is 12.5. The third kappa shape index (κ3) is 3.31. The first-order valence-electron chi connectivity index (χ1n) is 6.76. The van der Waals surface area contributed by atoms with Crippen molar-refractivity contribution in [3.63, 3.8) is 0 Å². The van der Waals surface area contributed by atoms with Crippen molar-refractivity contribution in [1.29, 1.82) is 0 Å². The van der Waals surface area contributed by atoms with Crippen molar-refractivity contribution in [3.05, 3.63) is 39.8 Å². The Morgan fingerprint density at radius 1 is 1.48 bits per heavy atom. The van der Waals surface area contributed by atoms with Crippen LogP contribution in [0.1, 0.15) is 18.4 Å². The summed E-state index contributed by atoms with van der Waals surface area (Å²) < 4.78 is 6.17. The van der Waals surface area contributed by atoms with Crippen LogP contribution in [-0.2, 0) is 9.53 Å². The number of rotatable bonds is 3. The van der Waals surface area contributed by atoms with Crippen LogP contribution in [0.3, 0.4) is 0 Å². The summed E-state index contributed by atoms with van der Waals surface area (Å²) in [5.74, 6) is -0.0552. The van der Waals surface area contributed by atoms with E-state index in [0.717, 1.165) is 25.0 Å². The minimum absolute atomic E-state index is 0.0552. The van der Waals surface area contributed by atoms with E-state index < -0.39 is 0 Å². The highest BCUT2D eigenvalue weighted by atomic mass is 35.5. The molecular weight excluding hydrogens is 326 g/mol. The lowest BCUT2D eigenvalue weighted by Gasteiger charge is -2.18. The smallest absolute Gasteiger partial charge is 0.266 e. The van der Waals surface area contributed by atoms with Gasteiger partial charge in [0.25, 0.3) is 5.91 Å². The van der Waals surface area contributed by atoms with Gasteiger partial charge in [-0.15, -0.1) is 0 Å². The Kier molecular flexibility index (Phi) is 4.64. The van der Waals surface area contributed by atoms with Gasteiger partial charge in [0.15, 0.2) is 0 Å². The topological polar surface area (TPSA) is 29.5 Å². The molecule has 21 heavy (non-hydrogen) atoms. The second-order valence-corrected chi connectivity index (χ2v) is 7.03. The monoisotopic (exact) mass is 339 g/mol. The molecule has 0 saturated carbocycles. The van der Waals surface area contributed by atoms with Gasteiger partial charge < -0.3 is 4.74 Å². The van der Waals surface area contributed by atoms with Crippen LogP contribution >= 0.6 is 35.6 Å². The predicted octanol–water partition coefficient (Wildman–Crippen LogP) is 3.72. The summed E-state index contributed by atoms with van der Waals surface area (Å²) in [6.07, 6.45) is 3.94. The molecule has 1 aromatic rings. The second-order valence-electron chi connectivity index (χ2n) is 4.95. The fourth-order valence-corrected chi connectivity index (χ4v) is 3.84. The molecular formula is C15H14ClNO2S2. The Morgan fingerprint density at radius 2 is 2.29 bits per heavy atom. The highest BCUT2D eigenvalue weighted by molar-refractivity contribution is 8.26. The van der Waals surface area contributed by atoms with Crippen molar-refractivity contribution in [1.82, 2.24) is 4.90 Å². The van der Waals surface area contributed by atoms with E-state index in [4.69, 9.17) is 28.6 Å². The summed E-state index contributed by atoms with van der Waals surface area (Å²) >= 11 is 12.8. The molecule has 1 aromatic carbocycles. The average Bonchev–Trinajstić information content (AvgIpc) is 3.06. The average molecular weight is 340 g/mol. The van der Waals surface area contributed by atoms with Gasteiger partial charge in [-0.05, 0) is 30.5 Å². The van der Waals surface area contributed by atoms with E-state index in [1.54, 1.807) is 17.0 Å². The number of thiocarbonyl (C=S) groups is 1. The number of amides is 1. The first-order valence-corrected chi connectivity index (χ1v) is 8.37. The normalized spacial score (nSPS) is 24.3. The van der Waals surface area contributed by atoms with Crippen LogP contribution in [0.25, 0.3) is 6.08 Å². The molecule has 0 unspecified atom stereocenters. The number of carbonyl (C=O) groups is 1. The van der Waals surface area contributed by atoms with Crippen LogP contribution in [0.5, 0.6) is 0 Å². The summed E-state index contributed by atoms with van der Waals surface area (Å²) in [5.41, 5.74) is 0.830. The van der Waals surface area contributed by atoms with E-state index >= 15 is 0 Å². The molecule has 3 nitrogen and oxygen atoms in total. The largest absolute Gasteiger partial charge is 0.376 e. The molecule has 1 atom stereocenters. The molecule has 2 aliphatic heterocycles. The molecule has 0 N–H and O–H groups in total. The molecule has 0 spiro atoms. The number of hydrogen-bond acceptors (Lipinski definition) is 4. The number of carbonyl (C=O) groups excluding carboxylic acids is 1. The number of ether oxygens (including phenoxy) is 1. The van der Waals surface area contributed by atoms with Crippen LogP contribution in [-0.4, -0.2) is 34.4 Å². The van der Waals surface area contributed by atoms with Gasteiger partial charge in [0.05, 0.1) is 17.6 Å². The highest BCUT2D eigenvalue weighted by Crippen LogP contribution is 2.34. The Balaban J connectivity index is 1.78. The van der Waals surface area contributed by atoms with Gasteiger partial charge >= 0.3 is 0 Å². The van der Waals surface area contributed by atoms with Gasteiger partial charge in [-0.25, -0.2) is 0 Å². The summed E-state index contributed by atoms with van der Waals surface area (Å²) in [4.78, 5) is 14.7. The third-order valence-corrected chi connectivity index (χ3v) is 5.20. The summed E-state index contributed by atoms with van der Waals surface area (Å²) in [6.45, 7) is 1.32. The molecule has 0 aromatic heterocycles. The maximum absolute atomic E-state index is 12.5. The van der Waals surface area contributed by atoms with Gasteiger partial charge in [0, 0.05) is 11.6 Å². The zero-order chi connectivity index (χ0) is 14.8. The number of halogens is 1. The lowest BCUT2D eigenvalue weighted by atomic mass is 10.2. The standard InChI is InChI=1S/C15H14ClNO2S2/c16-12-6-2-1-4-10(12)8-13-14(18)17(15(20)21-13)9-11-5-3-7-19-11/h1-2,4,6,8,11H,3,5,7,9H2/b13-8+/t11-/m0/s1. The van der Waals surface area contributed by atoms with Gasteiger partial charge in [0.1, 0.15) is 4.32 Å². The van der Waals surface area contributed by atoms with Crippen molar-refractivity contribution in [2.75, 3.05) is 13.2 Å². The third-order valence-electron chi connectivity index (χ3n) is 3.48. The first-order chi connectivity index (χ1) is 10.1. The van der Waals surface area contributed by atoms with Gasteiger partial charge in [-0.2, -0.15) is 0 Å². The van der Waals surface area contributed by atoms with E-state index in [1.807, 2.05) is 18.2 Å². The van der Waals surface area contributed by atoms with Gasteiger partial charge in [0.2, 0.25) is 0 Å². The molecule has 110 valence electrons. The molecule has 3 rings (SSSR count).